The lowest BCUT2D eigenvalue weighted by atomic mass is 10.1. The lowest BCUT2D eigenvalue weighted by Crippen LogP contribution is -2.20. The summed E-state index contributed by atoms with van der Waals surface area (Å²) in [4.78, 5) is 23.2. The van der Waals surface area contributed by atoms with Gasteiger partial charge in [-0.25, -0.2) is 4.98 Å². The van der Waals surface area contributed by atoms with Crippen molar-refractivity contribution in [2.75, 3.05) is 35.4 Å². The molecular formula is C20H19ClN6O3. The van der Waals surface area contributed by atoms with Crippen molar-refractivity contribution in [1.82, 2.24) is 14.5 Å². The molecule has 2 N–H and O–H groups in total. The van der Waals surface area contributed by atoms with Crippen LogP contribution in [0.5, 0.6) is 5.75 Å². The van der Waals surface area contributed by atoms with Crippen LogP contribution in [0.1, 0.15) is 6.42 Å². The second-order valence-electron chi connectivity index (χ2n) is 6.97. The van der Waals surface area contributed by atoms with Crippen molar-refractivity contribution in [3.05, 3.63) is 52.2 Å². The van der Waals surface area contributed by atoms with Crippen LogP contribution in [0.25, 0.3) is 10.9 Å². The fourth-order valence-corrected chi connectivity index (χ4v) is 3.63. The van der Waals surface area contributed by atoms with E-state index in [4.69, 9.17) is 21.1 Å². The first kappa shape index (κ1) is 18.6. The number of nitrogens with zero attached hydrogens (tertiary/aromatic N) is 4. The van der Waals surface area contributed by atoms with Crippen molar-refractivity contribution in [3.63, 3.8) is 0 Å². The molecule has 0 fully saturated rings. The van der Waals surface area contributed by atoms with Crippen molar-refractivity contribution in [2.24, 2.45) is 7.05 Å². The van der Waals surface area contributed by atoms with Crippen LogP contribution in [-0.4, -0.2) is 34.4 Å². The zero-order chi connectivity index (χ0) is 20.7. The van der Waals surface area contributed by atoms with Crippen molar-refractivity contribution in [3.8, 4) is 5.75 Å². The van der Waals surface area contributed by atoms with Crippen LogP contribution in [-0.2, 0) is 11.8 Å². The highest BCUT2D eigenvalue weighted by Gasteiger charge is 2.19. The van der Waals surface area contributed by atoms with E-state index in [1.807, 2.05) is 18.2 Å². The molecule has 3 aromatic rings. The maximum absolute atomic E-state index is 12.7. The van der Waals surface area contributed by atoms with E-state index in [1.165, 1.54) is 0 Å². The summed E-state index contributed by atoms with van der Waals surface area (Å²) in [6, 6.07) is 5.72. The number of aromatic nitrogens is 3. The van der Waals surface area contributed by atoms with Gasteiger partial charge in [0.2, 0.25) is 11.7 Å². The van der Waals surface area contributed by atoms with Crippen LogP contribution in [0.15, 0.2) is 41.7 Å². The summed E-state index contributed by atoms with van der Waals surface area (Å²) in [5.74, 6) is 1.30. The molecule has 0 saturated carbocycles. The zero-order valence-electron chi connectivity index (χ0n) is 16.2. The van der Waals surface area contributed by atoms with Crippen molar-refractivity contribution in [2.45, 2.75) is 6.42 Å². The number of rotatable bonds is 3. The molecule has 0 aliphatic carbocycles. The molecule has 10 heteroatoms. The van der Waals surface area contributed by atoms with Crippen LogP contribution in [0, 0.1) is 0 Å². The number of pyridine rings is 1. The molecule has 2 aromatic heterocycles. The van der Waals surface area contributed by atoms with Crippen LogP contribution < -0.4 is 25.8 Å². The average Bonchev–Trinajstić information content (AvgIpc) is 3.18. The summed E-state index contributed by atoms with van der Waals surface area (Å²) in [5.41, 5.74) is 2.13. The number of hydrogen-bond acceptors (Lipinski definition) is 8. The molecule has 0 bridgehead atoms. The molecule has 0 atom stereocenters. The van der Waals surface area contributed by atoms with E-state index in [2.05, 4.69) is 20.6 Å². The van der Waals surface area contributed by atoms with E-state index in [0.29, 0.717) is 41.6 Å². The van der Waals surface area contributed by atoms with Gasteiger partial charge in [-0.1, -0.05) is 11.6 Å². The van der Waals surface area contributed by atoms with Gasteiger partial charge in [-0.2, -0.15) is 4.98 Å². The van der Waals surface area contributed by atoms with Gasteiger partial charge >= 0.3 is 0 Å². The summed E-state index contributed by atoms with van der Waals surface area (Å²) in [5, 5.41) is 7.86. The van der Waals surface area contributed by atoms with Gasteiger partial charge in [-0.05, 0) is 24.6 Å². The Morgan fingerprint density at radius 2 is 2.23 bits per heavy atom. The smallest absolute Gasteiger partial charge is 0.295 e. The zero-order valence-corrected chi connectivity index (χ0v) is 16.9. The minimum absolute atomic E-state index is 0.156. The van der Waals surface area contributed by atoms with Crippen LogP contribution in [0.3, 0.4) is 0 Å². The van der Waals surface area contributed by atoms with Crippen molar-refractivity contribution < 1.29 is 9.47 Å². The number of hydrogen-bond donors (Lipinski definition) is 2. The Kier molecular flexibility index (Phi) is 4.59. The molecule has 9 nitrogen and oxygen atoms in total. The number of aryl methyl sites for hydroxylation is 1. The number of anilines is 4. The maximum atomic E-state index is 12.7. The highest BCUT2D eigenvalue weighted by molar-refractivity contribution is 6.32. The van der Waals surface area contributed by atoms with E-state index in [0.717, 1.165) is 29.6 Å². The number of ether oxygens (including phenoxy) is 2. The van der Waals surface area contributed by atoms with Crippen LogP contribution in [0.2, 0.25) is 5.02 Å². The third kappa shape index (κ3) is 3.17. The van der Waals surface area contributed by atoms with Gasteiger partial charge in [0.25, 0.3) is 5.56 Å². The number of nitrogens with one attached hydrogen (secondary N) is 2. The van der Waals surface area contributed by atoms with Gasteiger partial charge in [0, 0.05) is 30.9 Å². The summed E-state index contributed by atoms with van der Waals surface area (Å²) in [6.07, 6.45) is 5.71. The SMILES string of the molecule is Cn1c(=O)c2c(c3cc(Nc4nc(N5C=COC5)ncc4Cl)ccc31)NCCCO2. The van der Waals surface area contributed by atoms with Crippen LogP contribution >= 0.6 is 11.6 Å². The van der Waals surface area contributed by atoms with Gasteiger partial charge in [-0.3, -0.25) is 9.69 Å². The van der Waals surface area contributed by atoms with Gasteiger partial charge in [0.05, 0.1) is 24.0 Å². The van der Waals surface area contributed by atoms with E-state index < -0.39 is 0 Å². The Hall–Kier alpha value is -3.46. The predicted octanol–water partition coefficient (Wildman–Crippen LogP) is 3.19. The van der Waals surface area contributed by atoms with Gasteiger partial charge in [-0.15, -0.1) is 0 Å². The largest absolute Gasteiger partial charge is 0.486 e. The Balaban J connectivity index is 1.57. The number of fused-ring (bicyclic) bond motifs is 3. The molecule has 0 saturated heterocycles. The molecule has 0 radical (unpaired) electrons. The second-order valence-corrected chi connectivity index (χ2v) is 7.38. The van der Waals surface area contributed by atoms with Crippen molar-refractivity contribution >= 4 is 45.6 Å². The van der Waals surface area contributed by atoms with E-state index >= 15 is 0 Å². The average molecular weight is 427 g/mol. The summed E-state index contributed by atoms with van der Waals surface area (Å²) < 4.78 is 12.5. The lowest BCUT2D eigenvalue weighted by Gasteiger charge is -2.16. The molecule has 4 heterocycles. The molecule has 30 heavy (non-hydrogen) atoms. The summed E-state index contributed by atoms with van der Waals surface area (Å²) in [7, 11) is 1.74. The van der Waals surface area contributed by atoms with Gasteiger partial charge < -0.3 is 24.7 Å². The monoisotopic (exact) mass is 426 g/mol. The number of halogens is 1. The Bertz CT molecular complexity index is 1230. The molecule has 0 spiro atoms. The standard InChI is InChI=1S/C20H19ClN6O3/c1-26-15-4-3-12(9-13(15)16-17(19(26)28)30-7-2-5-22-16)24-18-14(21)10-23-20(25-18)27-6-8-29-11-27/h3-4,6,8-10,22H,2,5,7,11H2,1H3,(H,23,24,25). The molecule has 5 rings (SSSR count). The quantitative estimate of drug-likeness (QED) is 0.659. The molecule has 154 valence electrons. The molecule has 2 aliphatic rings. The minimum atomic E-state index is -0.156. The maximum Gasteiger partial charge on any atom is 0.295 e. The van der Waals surface area contributed by atoms with Crippen molar-refractivity contribution in [1.29, 1.82) is 0 Å². The first-order valence-electron chi connectivity index (χ1n) is 9.50. The molecule has 0 amide bonds. The Labute approximate surface area is 176 Å². The molecule has 0 unspecified atom stereocenters. The molecule has 1 aromatic carbocycles. The Morgan fingerprint density at radius 3 is 3.07 bits per heavy atom. The first-order chi connectivity index (χ1) is 14.6. The minimum Gasteiger partial charge on any atom is -0.486 e. The first-order valence-corrected chi connectivity index (χ1v) is 9.87. The predicted molar refractivity (Wildman–Crippen MR) is 116 cm³/mol. The Morgan fingerprint density at radius 1 is 1.33 bits per heavy atom. The normalized spacial score (nSPS) is 15.2. The third-order valence-electron chi connectivity index (χ3n) is 5.02. The molecular weight excluding hydrogens is 408 g/mol. The summed E-state index contributed by atoms with van der Waals surface area (Å²) >= 11 is 6.32. The van der Waals surface area contributed by atoms with E-state index in [1.54, 1.807) is 35.2 Å². The van der Waals surface area contributed by atoms with Gasteiger partial charge in [0.15, 0.2) is 12.5 Å². The lowest BCUT2D eigenvalue weighted by molar-refractivity contribution is 0.281. The number of benzene rings is 1. The fraction of sp³-hybridized carbons (Fsp3) is 0.250. The fourth-order valence-electron chi connectivity index (χ4n) is 3.49. The highest BCUT2D eigenvalue weighted by Crippen LogP contribution is 2.34. The van der Waals surface area contributed by atoms with Crippen LogP contribution in [0.4, 0.5) is 23.1 Å². The van der Waals surface area contributed by atoms with E-state index in [-0.39, 0.29) is 5.56 Å². The van der Waals surface area contributed by atoms with E-state index in [9.17, 15) is 4.79 Å². The second kappa shape index (κ2) is 7.42. The highest BCUT2D eigenvalue weighted by atomic mass is 35.5. The topological polar surface area (TPSA) is 93.5 Å². The third-order valence-corrected chi connectivity index (χ3v) is 5.30. The molecule has 2 aliphatic heterocycles. The summed E-state index contributed by atoms with van der Waals surface area (Å²) in [6.45, 7) is 1.59. The van der Waals surface area contributed by atoms with Gasteiger partial charge in [0.1, 0.15) is 11.3 Å².